The summed E-state index contributed by atoms with van der Waals surface area (Å²) in [6.45, 7) is 2.11. The van der Waals surface area contributed by atoms with Gasteiger partial charge >= 0.3 is 5.63 Å². The second kappa shape index (κ2) is 11.0. The van der Waals surface area contributed by atoms with E-state index >= 15 is 0 Å². The van der Waals surface area contributed by atoms with Crippen molar-refractivity contribution < 1.29 is 23.4 Å². The lowest BCUT2D eigenvalue weighted by molar-refractivity contribution is 0.0991. The Hall–Kier alpha value is -4.23. The third-order valence-electron chi connectivity index (χ3n) is 5.16. The molecule has 0 aliphatic carbocycles. The van der Waals surface area contributed by atoms with Crippen molar-refractivity contribution in [2.24, 2.45) is 0 Å². The van der Waals surface area contributed by atoms with Crippen molar-refractivity contribution in [3.05, 3.63) is 70.0 Å². The summed E-state index contributed by atoms with van der Waals surface area (Å²) >= 11 is 1.12. The van der Waals surface area contributed by atoms with Crippen molar-refractivity contribution in [3.8, 4) is 16.6 Å². The molecular formula is C23H24N6O6S. The van der Waals surface area contributed by atoms with Gasteiger partial charge in [-0.25, -0.2) is 9.48 Å². The second-order valence-corrected chi connectivity index (χ2v) is 8.42. The fourth-order valence-corrected chi connectivity index (χ4v) is 4.25. The number of benzene rings is 1. The van der Waals surface area contributed by atoms with Gasteiger partial charge in [-0.15, -0.1) is 10.2 Å². The first-order valence-electron chi connectivity index (χ1n) is 10.7. The maximum atomic E-state index is 12.9. The molecule has 0 radical (unpaired) electrons. The summed E-state index contributed by atoms with van der Waals surface area (Å²) in [4.78, 5) is 25.6. The number of amides is 1. The monoisotopic (exact) mass is 512 g/mol. The van der Waals surface area contributed by atoms with E-state index in [1.54, 1.807) is 25.1 Å². The Morgan fingerprint density at radius 1 is 1.17 bits per heavy atom. The molecule has 36 heavy (non-hydrogen) atoms. The van der Waals surface area contributed by atoms with E-state index in [4.69, 9.17) is 18.6 Å². The molecule has 3 aromatic heterocycles. The quantitative estimate of drug-likeness (QED) is 0.325. The topological polar surface area (TPSA) is 143 Å². The van der Waals surface area contributed by atoms with Gasteiger partial charge in [0.2, 0.25) is 16.0 Å². The summed E-state index contributed by atoms with van der Waals surface area (Å²) < 4.78 is 22.9. The summed E-state index contributed by atoms with van der Waals surface area (Å²) in [6, 6.07) is 10.2. The molecule has 0 aliphatic rings. The minimum Gasteiger partial charge on any atom is -0.496 e. The van der Waals surface area contributed by atoms with Crippen LogP contribution in [0.4, 0.5) is 10.8 Å². The third-order valence-corrected chi connectivity index (χ3v) is 5.98. The maximum Gasteiger partial charge on any atom is 0.381 e. The molecule has 0 unspecified atom stereocenters. The lowest BCUT2D eigenvalue weighted by atomic mass is 10.1. The molecule has 0 saturated carbocycles. The van der Waals surface area contributed by atoms with Crippen LogP contribution in [0.2, 0.25) is 0 Å². The molecule has 1 amide bonds. The van der Waals surface area contributed by atoms with Crippen LogP contribution >= 0.6 is 11.3 Å². The highest BCUT2D eigenvalue weighted by molar-refractivity contribution is 7.17. The van der Waals surface area contributed by atoms with Gasteiger partial charge in [-0.1, -0.05) is 29.5 Å². The molecule has 2 N–H and O–H groups in total. The van der Waals surface area contributed by atoms with Gasteiger partial charge in [-0.2, -0.15) is 5.10 Å². The Morgan fingerprint density at radius 2 is 1.97 bits per heavy atom. The molecule has 0 aliphatic heterocycles. The Balaban J connectivity index is 1.62. The lowest BCUT2D eigenvalue weighted by Crippen LogP contribution is -2.21. The van der Waals surface area contributed by atoms with Crippen molar-refractivity contribution >= 4 is 28.1 Å². The summed E-state index contributed by atoms with van der Waals surface area (Å²) in [7, 11) is 4.46. The van der Waals surface area contributed by atoms with Crippen molar-refractivity contribution in [1.82, 2.24) is 20.0 Å². The molecule has 188 valence electrons. The van der Waals surface area contributed by atoms with Gasteiger partial charge in [-0.05, 0) is 19.1 Å². The number of nitrogens with one attached hydrogen (secondary N) is 2. The number of carbonyl (C=O) groups excluding carboxylic acids is 1. The van der Waals surface area contributed by atoms with Gasteiger partial charge in [0.25, 0.3) is 5.91 Å². The molecule has 4 aromatic rings. The van der Waals surface area contributed by atoms with Crippen molar-refractivity contribution in [2.75, 3.05) is 38.6 Å². The molecule has 0 bridgehead atoms. The first-order chi connectivity index (χ1) is 17.4. The van der Waals surface area contributed by atoms with E-state index in [-0.39, 0.29) is 28.9 Å². The van der Waals surface area contributed by atoms with Gasteiger partial charge < -0.3 is 23.9 Å². The zero-order chi connectivity index (χ0) is 25.7. The molecule has 0 saturated heterocycles. The molecule has 12 nitrogen and oxygen atoms in total. The fourth-order valence-electron chi connectivity index (χ4n) is 3.49. The van der Waals surface area contributed by atoms with Crippen LogP contribution in [-0.4, -0.2) is 53.8 Å². The van der Waals surface area contributed by atoms with Gasteiger partial charge in [0.1, 0.15) is 5.75 Å². The molecule has 0 spiro atoms. The summed E-state index contributed by atoms with van der Waals surface area (Å²) in [5, 5.41) is 18.7. The van der Waals surface area contributed by atoms with E-state index < -0.39 is 17.6 Å². The number of hydrogen-bond acceptors (Lipinski definition) is 11. The van der Waals surface area contributed by atoms with Gasteiger partial charge in [-0.3, -0.25) is 10.1 Å². The van der Waals surface area contributed by atoms with E-state index in [2.05, 4.69) is 25.9 Å². The van der Waals surface area contributed by atoms with Crippen LogP contribution < -0.4 is 25.7 Å². The number of methoxy groups -OCH3 is 3. The number of rotatable bonds is 10. The van der Waals surface area contributed by atoms with Crippen LogP contribution in [0.25, 0.3) is 5.13 Å². The smallest absolute Gasteiger partial charge is 0.381 e. The minimum absolute atomic E-state index is 0.0880. The summed E-state index contributed by atoms with van der Waals surface area (Å²) in [5.74, 6) is -0.383. The number of hydrogen-bond donors (Lipinski definition) is 2. The highest BCUT2D eigenvalue weighted by atomic mass is 32.1. The van der Waals surface area contributed by atoms with Crippen molar-refractivity contribution in [1.29, 1.82) is 0 Å². The average molecular weight is 513 g/mol. The van der Waals surface area contributed by atoms with Gasteiger partial charge in [0.05, 0.1) is 32.6 Å². The molecule has 1 aromatic carbocycles. The lowest BCUT2D eigenvalue weighted by Gasteiger charge is -2.22. The van der Waals surface area contributed by atoms with Crippen LogP contribution in [0.5, 0.6) is 11.5 Å². The number of carbonyl (C=O) groups is 1. The van der Waals surface area contributed by atoms with Crippen LogP contribution in [0.1, 0.15) is 27.9 Å². The highest BCUT2D eigenvalue weighted by Crippen LogP contribution is 2.31. The molecule has 1 atom stereocenters. The zero-order valence-corrected chi connectivity index (χ0v) is 20.8. The first kappa shape index (κ1) is 24.9. The number of para-hydroxylation sites is 1. The maximum absolute atomic E-state index is 12.9. The Bertz CT molecular complexity index is 1410. The van der Waals surface area contributed by atoms with Crippen LogP contribution in [0.3, 0.4) is 0 Å². The molecule has 3 heterocycles. The first-order valence-corrected chi connectivity index (χ1v) is 11.5. The number of anilines is 2. The van der Waals surface area contributed by atoms with E-state index in [1.807, 2.05) is 37.3 Å². The number of aryl methyl sites for hydroxylation is 1. The van der Waals surface area contributed by atoms with E-state index in [1.165, 1.54) is 13.2 Å². The average Bonchev–Trinajstić information content (AvgIpc) is 3.52. The Morgan fingerprint density at radius 3 is 2.67 bits per heavy atom. The molecular weight excluding hydrogens is 488 g/mol. The molecule has 13 heteroatoms. The zero-order valence-electron chi connectivity index (χ0n) is 20.0. The minimum atomic E-state index is -0.825. The number of aromatic nitrogens is 4. The van der Waals surface area contributed by atoms with Gasteiger partial charge in [0, 0.05) is 30.6 Å². The predicted octanol–water partition coefficient (Wildman–Crippen LogP) is 3.05. The number of ether oxygens (including phenoxy) is 3. The number of nitrogens with zero attached hydrogens (tertiary/aromatic N) is 4. The standard InChI is InChI=1S/C23H24N6O6S/c1-13-9-10-24-29(13)23-28-27-22(36-23)26-20(30)18-11-15(19(34-4)21(31)35-18)25-16(12-32-2)14-7-5-6-8-17(14)33-3/h5-11,16,25H,12H2,1-4H3,(H,26,27,30)/t16-/m1/s1. The predicted molar refractivity (Wildman–Crippen MR) is 132 cm³/mol. The van der Waals surface area contributed by atoms with E-state index in [0.29, 0.717) is 10.9 Å². The highest BCUT2D eigenvalue weighted by Gasteiger charge is 2.23. The molecule has 0 fully saturated rings. The Labute approximate surface area is 209 Å². The normalized spacial score (nSPS) is 11.7. The van der Waals surface area contributed by atoms with E-state index in [9.17, 15) is 9.59 Å². The van der Waals surface area contributed by atoms with Crippen molar-refractivity contribution in [2.45, 2.75) is 13.0 Å². The van der Waals surface area contributed by atoms with Gasteiger partial charge in [0.15, 0.2) is 5.76 Å². The SMILES string of the molecule is COC[C@@H](Nc1cc(C(=O)Nc2nnc(-n3nccc3C)s2)oc(=O)c1OC)c1ccccc1OC. The summed E-state index contributed by atoms with van der Waals surface area (Å²) in [5.41, 5.74) is 1.07. The Kier molecular flexibility index (Phi) is 7.61. The fraction of sp³-hybridized carbons (Fsp3) is 0.261. The summed E-state index contributed by atoms with van der Waals surface area (Å²) in [6.07, 6.45) is 1.64. The molecule has 4 rings (SSSR count). The van der Waals surface area contributed by atoms with E-state index in [0.717, 1.165) is 22.6 Å². The largest absolute Gasteiger partial charge is 0.496 e. The van der Waals surface area contributed by atoms with Crippen LogP contribution in [0.15, 0.2) is 51.8 Å². The second-order valence-electron chi connectivity index (χ2n) is 7.47. The third kappa shape index (κ3) is 5.21. The van der Waals surface area contributed by atoms with Crippen LogP contribution in [0, 0.1) is 6.92 Å². The van der Waals surface area contributed by atoms with Crippen molar-refractivity contribution in [3.63, 3.8) is 0 Å². The van der Waals surface area contributed by atoms with Crippen LogP contribution in [-0.2, 0) is 4.74 Å².